The van der Waals surface area contributed by atoms with Gasteiger partial charge in [-0.1, -0.05) is 23.9 Å². The molecule has 0 saturated heterocycles. The molecule has 0 aliphatic rings. The number of nitrogens with one attached hydrogen (secondary N) is 1. The van der Waals surface area contributed by atoms with Gasteiger partial charge in [0.2, 0.25) is 5.95 Å². The van der Waals surface area contributed by atoms with Crippen molar-refractivity contribution < 1.29 is 27.8 Å². The number of thiazole rings is 1. The monoisotopic (exact) mass is 498 g/mol. The maximum absolute atomic E-state index is 12.3. The number of aromatic nitrogens is 3. The molecule has 3 rings (SSSR count). The average Bonchev–Trinajstić information content (AvgIpc) is 3.06. The molecule has 0 radical (unpaired) electrons. The highest BCUT2D eigenvalue weighted by molar-refractivity contribution is 8.03. The van der Waals surface area contributed by atoms with Crippen LogP contribution in [0.5, 0.6) is 5.75 Å². The van der Waals surface area contributed by atoms with E-state index >= 15 is 0 Å². The van der Waals surface area contributed by atoms with Gasteiger partial charge in [0.05, 0.1) is 5.69 Å². The highest BCUT2D eigenvalue weighted by atomic mass is 32.2. The van der Waals surface area contributed by atoms with E-state index in [0.29, 0.717) is 34.4 Å². The molecule has 0 fully saturated rings. The van der Waals surface area contributed by atoms with Gasteiger partial charge in [-0.25, -0.2) is 15.0 Å². The molecule has 1 aromatic carbocycles. The lowest BCUT2D eigenvalue weighted by Gasteiger charge is -2.15. The van der Waals surface area contributed by atoms with Crippen molar-refractivity contribution in [3.63, 3.8) is 0 Å². The van der Waals surface area contributed by atoms with E-state index < -0.39 is 17.1 Å². The molecule has 0 unspecified atom stereocenters. The average molecular weight is 499 g/mol. The largest absolute Gasteiger partial charge is 0.573 e. The number of aryl methyl sites for hydroxylation is 1. The zero-order chi connectivity index (χ0) is 24.2. The number of nitrogens with zero attached hydrogens (tertiary/aromatic N) is 3. The van der Waals surface area contributed by atoms with Gasteiger partial charge in [-0.15, -0.1) is 24.5 Å². The molecule has 3 aromatic rings. The van der Waals surface area contributed by atoms with Gasteiger partial charge in [0.25, 0.3) is 0 Å². The Morgan fingerprint density at radius 3 is 2.36 bits per heavy atom. The Morgan fingerprint density at radius 1 is 1.15 bits per heavy atom. The second kappa shape index (κ2) is 9.96. The maximum atomic E-state index is 12.3. The maximum Gasteiger partial charge on any atom is 0.573 e. The summed E-state index contributed by atoms with van der Waals surface area (Å²) in [5.41, 5.74) is 2.17. The number of ether oxygens (including phenoxy) is 1. The van der Waals surface area contributed by atoms with E-state index in [1.807, 2.05) is 6.92 Å². The molecule has 0 atom stereocenters. The summed E-state index contributed by atoms with van der Waals surface area (Å²) in [5.74, 6) is -0.772. The summed E-state index contributed by atoms with van der Waals surface area (Å²) in [7, 11) is 0. The van der Waals surface area contributed by atoms with Crippen LogP contribution in [0, 0.1) is 6.92 Å². The van der Waals surface area contributed by atoms with E-state index in [0.717, 1.165) is 10.6 Å². The van der Waals surface area contributed by atoms with Crippen molar-refractivity contribution in [2.45, 2.75) is 42.6 Å². The second-order valence-electron chi connectivity index (χ2n) is 7.45. The summed E-state index contributed by atoms with van der Waals surface area (Å²) in [6, 6.07) is 5.47. The minimum absolute atomic E-state index is 0.295. The third kappa shape index (κ3) is 7.06. The van der Waals surface area contributed by atoms with Crippen molar-refractivity contribution in [2.24, 2.45) is 0 Å². The van der Waals surface area contributed by atoms with Crippen LogP contribution >= 0.6 is 23.1 Å². The number of anilines is 1. The van der Waals surface area contributed by atoms with Crippen LogP contribution < -0.4 is 10.1 Å². The van der Waals surface area contributed by atoms with Gasteiger partial charge in [0, 0.05) is 35.8 Å². The highest BCUT2D eigenvalue weighted by Gasteiger charge is 2.31. The molecular formula is C21H21F3N4O3S2. The van der Waals surface area contributed by atoms with Crippen molar-refractivity contribution in [1.29, 1.82) is 0 Å². The molecule has 0 aliphatic carbocycles. The summed E-state index contributed by atoms with van der Waals surface area (Å²) < 4.78 is 40.4. The topological polar surface area (TPSA) is 97.2 Å². The van der Waals surface area contributed by atoms with Crippen LogP contribution in [0.25, 0.3) is 11.1 Å². The van der Waals surface area contributed by atoms with Crippen LogP contribution in [-0.2, 0) is 11.2 Å². The van der Waals surface area contributed by atoms with E-state index in [9.17, 15) is 23.1 Å². The van der Waals surface area contributed by atoms with Gasteiger partial charge in [0.15, 0.2) is 4.34 Å². The summed E-state index contributed by atoms with van der Waals surface area (Å²) in [6.07, 6.45) is -0.903. The van der Waals surface area contributed by atoms with E-state index in [1.54, 1.807) is 26.2 Å². The molecule has 0 bridgehead atoms. The smallest absolute Gasteiger partial charge is 0.480 e. The van der Waals surface area contributed by atoms with Crippen LogP contribution in [0.15, 0.2) is 41.0 Å². The number of rotatable bonds is 9. The lowest BCUT2D eigenvalue weighted by Crippen LogP contribution is -2.26. The van der Waals surface area contributed by atoms with Gasteiger partial charge in [0.1, 0.15) is 10.5 Å². The summed E-state index contributed by atoms with van der Waals surface area (Å²) >= 11 is 2.69. The Hall–Kier alpha value is -2.86. The quantitative estimate of drug-likeness (QED) is 0.378. The first-order valence-electron chi connectivity index (χ1n) is 9.74. The van der Waals surface area contributed by atoms with Gasteiger partial charge >= 0.3 is 12.3 Å². The third-order valence-corrected chi connectivity index (χ3v) is 6.90. The van der Waals surface area contributed by atoms with Crippen molar-refractivity contribution in [3.8, 4) is 16.9 Å². The van der Waals surface area contributed by atoms with Crippen molar-refractivity contribution in [2.75, 3.05) is 11.9 Å². The number of thioether (sulfide) groups is 1. The van der Waals surface area contributed by atoms with E-state index in [1.165, 1.54) is 47.4 Å². The van der Waals surface area contributed by atoms with E-state index in [2.05, 4.69) is 25.0 Å². The van der Waals surface area contributed by atoms with Crippen molar-refractivity contribution in [3.05, 3.63) is 47.2 Å². The minimum Gasteiger partial charge on any atom is -0.480 e. The zero-order valence-electron chi connectivity index (χ0n) is 17.9. The van der Waals surface area contributed by atoms with Crippen molar-refractivity contribution in [1.82, 2.24) is 15.0 Å². The molecule has 33 heavy (non-hydrogen) atoms. The summed E-state index contributed by atoms with van der Waals surface area (Å²) in [6.45, 7) is 5.73. The van der Waals surface area contributed by atoms with Crippen molar-refractivity contribution >= 4 is 35.0 Å². The van der Waals surface area contributed by atoms with Gasteiger partial charge in [-0.3, -0.25) is 4.79 Å². The number of halogens is 3. The minimum atomic E-state index is -4.73. The molecule has 0 spiro atoms. The first-order chi connectivity index (χ1) is 15.4. The lowest BCUT2D eigenvalue weighted by molar-refractivity contribution is -0.274. The first-order valence-corrected chi connectivity index (χ1v) is 11.4. The first kappa shape index (κ1) is 24.8. The fraction of sp³-hybridized carbons (Fsp3) is 0.333. The van der Waals surface area contributed by atoms with Crippen LogP contribution in [0.4, 0.5) is 19.1 Å². The number of hydrogen-bond acceptors (Lipinski definition) is 8. The summed E-state index contributed by atoms with van der Waals surface area (Å²) in [4.78, 5) is 25.3. The highest BCUT2D eigenvalue weighted by Crippen LogP contribution is 2.36. The molecule has 12 heteroatoms. The molecule has 0 saturated carbocycles. The molecule has 7 nitrogen and oxygen atoms in total. The number of benzene rings is 1. The molecule has 2 aromatic heterocycles. The number of alkyl halides is 3. The van der Waals surface area contributed by atoms with Crippen LogP contribution in [0.3, 0.4) is 0 Å². The third-order valence-electron chi connectivity index (χ3n) is 4.44. The number of aliphatic carboxylic acids is 1. The molecule has 2 heterocycles. The van der Waals surface area contributed by atoms with Gasteiger partial charge in [-0.2, -0.15) is 0 Å². The number of carboxylic acid groups (broad SMARTS) is 1. The van der Waals surface area contributed by atoms with Crippen LogP contribution in [-0.4, -0.2) is 43.7 Å². The summed E-state index contributed by atoms with van der Waals surface area (Å²) in [5, 5.41) is 12.4. The number of carboxylic acids is 1. The van der Waals surface area contributed by atoms with Gasteiger partial charge < -0.3 is 15.2 Å². The van der Waals surface area contributed by atoms with Crippen LogP contribution in [0.1, 0.15) is 24.4 Å². The lowest BCUT2D eigenvalue weighted by atomic mass is 10.1. The Kier molecular flexibility index (Phi) is 7.48. The van der Waals surface area contributed by atoms with Crippen LogP contribution in [0.2, 0.25) is 0 Å². The number of hydrogen-bond donors (Lipinski definition) is 2. The van der Waals surface area contributed by atoms with E-state index in [-0.39, 0.29) is 5.75 Å². The fourth-order valence-corrected chi connectivity index (χ4v) is 5.23. The zero-order valence-corrected chi connectivity index (χ0v) is 19.6. The Morgan fingerprint density at radius 2 is 1.79 bits per heavy atom. The Balaban J connectivity index is 1.55. The predicted octanol–water partition coefficient (Wildman–Crippen LogP) is 5.42. The number of carbonyl (C=O) groups is 1. The SMILES string of the molecule is Cc1nc(SC(C)(C)C(=O)O)sc1CCNc1ncc(-c2ccc(OC(F)(F)F)cc2)cn1. The molecule has 0 aliphatic heterocycles. The molecular weight excluding hydrogens is 477 g/mol. The predicted molar refractivity (Wildman–Crippen MR) is 121 cm³/mol. The molecule has 0 amide bonds. The van der Waals surface area contributed by atoms with E-state index in [4.69, 9.17) is 0 Å². The Labute approximate surface area is 196 Å². The molecule has 176 valence electrons. The fourth-order valence-electron chi connectivity index (χ4n) is 2.64. The normalized spacial score (nSPS) is 11.9. The Bertz CT molecular complexity index is 1100. The van der Waals surface area contributed by atoms with Gasteiger partial charge in [-0.05, 0) is 38.5 Å². The second-order valence-corrected chi connectivity index (χ2v) is 10.4. The molecule has 2 N–H and O–H groups in total. The standard InChI is InChI=1S/C21H21F3N4O3S2/c1-12-16(32-19(28-12)33-20(2,3)17(29)30)8-9-25-18-26-10-14(11-27-18)13-4-6-15(7-5-13)31-21(22,23)24/h4-7,10-11H,8-9H2,1-3H3,(H,29,30)(H,25,26,27).